The van der Waals surface area contributed by atoms with Crippen LogP contribution in [-0.4, -0.2) is 41.4 Å². The molecule has 0 aromatic rings. The fourth-order valence-electron chi connectivity index (χ4n) is 0.795. The Kier molecular flexibility index (Phi) is 5.41. The molecule has 0 spiro atoms. The number of methoxy groups -OCH3 is 1. The minimum absolute atomic E-state index is 0.00859. The summed E-state index contributed by atoms with van der Waals surface area (Å²) >= 11 is 0. The molecule has 0 aromatic carbocycles. The second-order valence-corrected chi connectivity index (χ2v) is 2.61. The monoisotopic (exact) mass is 164 g/mol. The van der Waals surface area contributed by atoms with E-state index in [2.05, 4.69) is 4.74 Å². The molecular formula is C7H16O4. The van der Waals surface area contributed by atoms with Gasteiger partial charge in [0, 0.05) is 13.7 Å². The van der Waals surface area contributed by atoms with Gasteiger partial charge in [0.25, 0.3) is 0 Å². The van der Waals surface area contributed by atoms with Crippen LogP contribution in [0.4, 0.5) is 0 Å². The van der Waals surface area contributed by atoms with Gasteiger partial charge >= 0.3 is 0 Å². The Bertz CT molecular complexity index is 96.4. The van der Waals surface area contributed by atoms with Crippen molar-refractivity contribution in [3.05, 3.63) is 0 Å². The lowest BCUT2D eigenvalue weighted by Crippen LogP contribution is -2.33. The van der Waals surface area contributed by atoms with Crippen LogP contribution in [0.25, 0.3) is 0 Å². The van der Waals surface area contributed by atoms with Crippen molar-refractivity contribution >= 4 is 0 Å². The Morgan fingerprint density at radius 2 is 1.91 bits per heavy atom. The molecule has 0 aliphatic rings. The van der Waals surface area contributed by atoms with E-state index in [0.717, 1.165) is 0 Å². The number of aliphatic hydroxyl groups is 3. The zero-order chi connectivity index (χ0) is 8.85. The molecule has 0 saturated carbocycles. The van der Waals surface area contributed by atoms with Crippen molar-refractivity contribution in [1.29, 1.82) is 0 Å². The summed E-state index contributed by atoms with van der Waals surface area (Å²) in [7, 11) is 1.32. The van der Waals surface area contributed by atoms with Crippen LogP contribution in [0.5, 0.6) is 0 Å². The molecule has 0 aliphatic heterocycles. The summed E-state index contributed by atoms with van der Waals surface area (Å²) in [6.07, 6.45) is -1.62. The van der Waals surface area contributed by atoms with E-state index in [9.17, 15) is 5.11 Å². The van der Waals surface area contributed by atoms with E-state index in [1.807, 2.05) is 0 Å². The Morgan fingerprint density at radius 1 is 1.36 bits per heavy atom. The van der Waals surface area contributed by atoms with Crippen LogP contribution in [-0.2, 0) is 4.74 Å². The van der Waals surface area contributed by atoms with Crippen LogP contribution in [0, 0.1) is 5.92 Å². The summed E-state index contributed by atoms with van der Waals surface area (Å²) in [6.45, 7) is 1.75. The molecule has 3 atom stereocenters. The third-order valence-electron chi connectivity index (χ3n) is 1.70. The molecule has 3 unspecified atom stereocenters. The first-order valence-electron chi connectivity index (χ1n) is 3.63. The maximum Gasteiger partial charge on any atom is 0.180 e. The molecular weight excluding hydrogens is 148 g/mol. The van der Waals surface area contributed by atoms with E-state index in [-0.39, 0.29) is 12.5 Å². The predicted molar refractivity (Wildman–Crippen MR) is 39.9 cm³/mol. The molecule has 0 radical (unpaired) electrons. The molecule has 68 valence electrons. The third-order valence-corrected chi connectivity index (χ3v) is 1.70. The molecule has 0 fully saturated rings. The average Bonchev–Trinajstić information content (AvgIpc) is 2.02. The highest BCUT2D eigenvalue weighted by atomic mass is 16.6. The van der Waals surface area contributed by atoms with E-state index in [4.69, 9.17) is 10.2 Å². The molecule has 11 heavy (non-hydrogen) atoms. The van der Waals surface area contributed by atoms with Gasteiger partial charge in [0.15, 0.2) is 6.29 Å². The van der Waals surface area contributed by atoms with Gasteiger partial charge in [-0.05, 0) is 12.3 Å². The van der Waals surface area contributed by atoms with Crippen LogP contribution in [0.2, 0.25) is 0 Å². The minimum atomic E-state index is -1.16. The van der Waals surface area contributed by atoms with Crippen molar-refractivity contribution < 1.29 is 20.1 Å². The number of hydrogen-bond donors (Lipinski definition) is 3. The fraction of sp³-hybridized carbons (Fsp3) is 1.00. The SMILES string of the molecule is COC(O)C(O)C(C)CCO. The molecule has 4 nitrogen and oxygen atoms in total. The van der Waals surface area contributed by atoms with Gasteiger partial charge in [-0.1, -0.05) is 6.92 Å². The van der Waals surface area contributed by atoms with Crippen LogP contribution in [0.15, 0.2) is 0 Å². The van der Waals surface area contributed by atoms with E-state index in [0.29, 0.717) is 6.42 Å². The van der Waals surface area contributed by atoms with Crippen molar-refractivity contribution in [2.45, 2.75) is 25.7 Å². The summed E-state index contributed by atoms with van der Waals surface area (Å²) in [5, 5.41) is 26.7. The molecule has 0 bridgehead atoms. The Morgan fingerprint density at radius 3 is 2.27 bits per heavy atom. The molecule has 0 heterocycles. The highest BCUT2D eigenvalue weighted by Crippen LogP contribution is 2.11. The summed E-state index contributed by atoms with van der Waals surface area (Å²) in [6, 6.07) is 0. The van der Waals surface area contributed by atoms with Gasteiger partial charge < -0.3 is 20.1 Å². The van der Waals surface area contributed by atoms with E-state index < -0.39 is 12.4 Å². The minimum Gasteiger partial charge on any atom is -0.396 e. The Labute approximate surface area is 66.4 Å². The molecule has 0 saturated heterocycles. The van der Waals surface area contributed by atoms with Crippen molar-refractivity contribution in [2.24, 2.45) is 5.92 Å². The van der Waals surface area contributed by atoms with E-state index >= 15 is 0 Å². The van der Waals surface area contributed by atoms with Gasteiger partial charge in [-0.3, -0.25) is 0 Å². The zero-order valence-corrected chi connectivity index (χ0v) is 6.90. The van der Waals surface area contributed by atoms with Crippen molar-refractivity contribution in [1.82, 2.24) is 0 Å². The first kappa shape index (κ1) is 10.8. The largest absolute Gasteiger partial charge is 0.396 e. The molecule has 0 amide bonds. The van der Waals surface area contributed by atoms with Gasteiger partial charge in [-0.15, -0.1) is 0 Å². The number of ether oxygens (including phenoxy) is 1. The average molecular weight is 164 g/mol. The number of aliphatic hydroxyl groups excluding tert-OH is 3. The van der Waals surface area contributed by atoms with E-state index in [1.165, 1.54) is 7.11 Å². The number of hydrogen-bond acceptors (Lipinski definition) is 4. The van der Waals surface area contributed by atoms with Crippen molar-refractivity contribution in [3.63, 3.8) is 0 Å². The summed E-state index contributed by atoms with van der Waals surface area (Å²) in [4.78, 5) is 0. The standard InChI is InChI=1S/C7H16O4/c1-5(3-4-8)6(9)7(10)11-2/h5-10H,3-4H2,1-2H3. The van der Waals surface area contributed by atoms with Crippen LogP contribution < -0.4 is 0 Å². The second kappa shape index (κ2) is 5.49. The molecule has 3 N–H and O–H groups in total. The molecule has 4 heteroatoms. The van der Waals surface area contributed by atoms with E-state index in [1.54, 1.807) is 6.92 Å². The highest BCUT2D eigenvalue weighted by Gasteiger charge is 2.21. The smallest absolute Gasteiger partial charge is 0.180 e. The fourth-order valence-corrected chi connectivity index (χ4v) is 0.795. The van der Waals surface area contributed by atoms with Crippen molar-refractivity contribution in [2.75, 3.05) is 13.7 Å². The molecule has 0 aliphatic carbocycles. The maximum atomic E-state index is 9.23. The lowest BCUT2D eigenvalue weighted by molar-refractivity contribution is -0.160. The van der Waals surface area contributed by atoms with Gasteiger partial charge in [0.05, 0.1) is 0 Å². The lowest BCUT2D eigenvalue weighted by atomic mass is 10.0. The first-order chi connectivity index (χ1) is 5.13. The lowest BCUT2D eigenvalue weighted by Gasteiger charge is -2.21. The van der Waals surface area contributed by atoms with Gasteiger partial charge in [-0.25, -0.2) is 0 Å². The maximum absolute atomic E-state index is 9.23. The number of rotatable bonds is 5. The van der Waals surface area contributed by atoms with Gasteiger partial charge in [-0.2, -0.15) is 0 Å². The quantitative estimate of drug-likeness (QED) is 0.471. The highest BCUT2D eigenvalue weighted by molar-refractivity contribution is 4.66. The van der Waals surface area contributed by atoms with Crippen LogP contribution >= 0.6 is 0 Å². The van der Waals surface area contributed by atoms with Gasteiger partial charge in [0.1, 0.15) is 6.10 Å². The topological polar surface area (TPSA) is 69.9 Å². The molecule has 0 aromatic heterocycles. The predicted octanol–water partition coefficient (Wildman–Crippen LogP) is -0.669. The second-order valence-electron chi connectivity index (χ2n) is 2.61. The van der Waals surface area contributed by atoms with Crippen molar-refractivity contribution in [3.8, 4) is 0 Å². The first-order valence-corrected chi connectivity index (χ1v) is 3.63. The molecule has 0 rings (SSSR count). The summed E-state index contributed by atoms with van der Waals surface area (Å²) < 4.78 is 4.50. The summed E-state index contributed by atoms with van der Waals surface area (Å²) in [5.41, 5.74) is 0. The summed E-state index contributed by atoms with van der Waals surface area (Å²) in [5.74, 6) is -0.157. The Hall–Kier alpha value is -0.160. The van der Waals surface area contributed by atoms with Crippen LogP contribution in [0.3, 0.4) is 0 Å². The van der Waals surface area contributed by atoms with Crippen LogP contribution in [0.1, 0.15) is 13.3 Å². The zero-order valence-electron chi connectivity index (χ0n) is 6.90. The third kappa shape index (κ3) is 3.67. The normalized spacial score (nSPS) is 19.4. The van der Waals surface area contributed by atoms with Gasteiger partial charge in [0.2, 0.25) is 0 Å². The Balaban J connectivity index is 3.70.